The largest absolute Gasteiger partial charge is 0.494 e. The first-order valence-corrected chi connectivity index (χ1v) is 8.81. The minimum Gasteiger partial charge on any atom is -0.494 e. The van der Waals surface area contributed by atoms with Crippen LogP contribution in [0.5, 0.6) is 5.75 Å². The Kier molecular flexibility index (Phi) is 5.47. The Hall–Kier alpha value is -2.35. The van der Waals surface area contributed by atoms with E-state index in [1.54, 1.807) is 0 Å². The minimum absolute atomic E-state index is 0.795. The molecule has 0 saturated carbocycles. The first-order chi connectivity index (χ1) is 11.8. The van der Waals surface area contributed by atoms with Crippen LogP contribution in [0, 0.1) is 6.92 Å². The molecule has 24 heavy (non-hydrogen) atoms. The third-order valence-electron chi connectivity index (χ3n) is 4.29. The number of hydrogen-bond donors (Lipinski definition) is 0. The zero-order valence-corrected chi connectivity index (χ0v) is 14.6. The molecule has 0 aromatic heterocycles. The van der Waals surface area contributed by atoms with Crippen LogP contribution in [-0.2, 0) is 6.42 Å². The molecule has 0 saturated heterocycles. The summed E-state index contributed by atoms with van der Waals surface area (Å²) in [4.78, 5) is 4.70. The first kappa shape index (κ1) is 16.5. The van der Waals surface area contributed by atoms with E-state index in [0.717, 1.165) is 43.9 Å². The van der Waals surface area contributed by atoms with E-state index in [-0.39, 0.29) is 0 Å². The number of aryl methyl sites for hydroxylation is 1. The molecule has 0 atom stereocenters. The fraction of sp³-hybridized carbons (Fsp3) is 0.318. The lowest BCUT2D eigenvalue weighted by Gasteiger charge is -2.16. The molecule has 0 fully saturated rings. The Morgan fingerprint density at radius 3 is 2.71 bits per heavy atom. The number of nitrogens with zero attached hydrogens (tertiary/aromatic N) is 1. The van der Waals surface area contributed by atoms with E-state index >= 15 is 0 Å². The van der Waals surface area contributed by atoms with E-state index < -0.39 is 0 Å². The quantitative estimate of drug-likeness (QED) is 0.668. The van der Waals surface area contributed by atoms with Crippen LogP contribution in [0.25, 0.3) is 6.08 Å². The van der Waals surface area contributed by atoms with Gasteiger partial charge in [-0.1, -0.05) is 49.2 Å². The standard InChI is InChI=1S/C22H25NO/c1-3-4-15-24-20-10-11-21-19(16-20)13-14-23-22(21)12-9-18-7-5-17(2)6-8-18/h5-12,16H,3-4,13-15H2,1-2H3. The molecule has 0 aliphatic carbocycles. The van der Waals surface area contributed by atoms with Crippen molar-refractivity contribution in [1.29, 1.82) is 0 Å². The molecule has 1 aliphatic heterocycles. The van der Waals surface area contributed by atoms with Crippen LogP contribution < -0.4 is 4.74 Å². The summed E-state index contributed by atoms with van der Waals surface area (Å²) in [6, 6.07) is 14.9. The van der Waals surface area contributed by atoms with Crippen molar-refractivity contribution in [2.45, 2.75) is 33.1 Å². The van der Waals surface area contributed by atoms with Crippen molar-refractivity contribution < 1.29 is 4.74 Å². The van der Waals surface area contributed by atoms with Crippen molar-refractivity contribution in [3.05, 3.63) is 70.8 Å². The number of ether oxygens (including phenoxy) is 1. The zero-order valence-electron chi connectivity index (χ0n) is 14.6. The van der Waals surface area contributed by atoms with E-state index in [1.165, 1.54) is 22.3 Å². The third-order valence-corrected chi connectivity index (χ3v) is 4.29. The monoisotopic (exact) mass is 319 g/mol. The Balaban J connectivity index is 1.75. The number of rotatable bonds is 6. The lowest BCUT2D eigenvalue weighted by atomic mass is 9.96. The molecule has 2 nitrogen and oxygen atoms in total. The van der Waals surface area contributed by atoms with Gasteiger partial charge in [-0.25, -0.2) is 0 Å². The van der Waals surface area contributed by atoms with Gasteiger partial charge in [-0.15, -0.1) is 0 Å². The van der Waals surface area contributed by atoms with Crippen molar-refractivity contribution in [3.8, 4) is 5.75 Å². The van der Waals surface area contributed by atoms with Gasteiger partial charge in [-0.05, 0) is 55.2 Å². The number of allylic oxidation sites excluding steroid dienone is 1. The average molecular weight is 319 g/mol. The number of hydrogen-bond acceptors (Lipinski definition) is 2. The molecule has 124 valence electrons. The molecule has 3 rings (SSSR count). The summed E-state index contributed by atoms with van der Waals surface area (Å²) in [5.41, 5.74) is 6.12. The topological polar surface area (TPSA) is 21.6 Å². The van der Waals surface area contributed by atoms with E-state index in [1.807, 2.05) is 0 Å². The van der Waals surface area contributed by atoms with Gasteiger partial charge in [0.15, 0.2) is 0 Å². The van der Waals surface area contributed by atoms with Crippen molar-refractivity contribution in [2.75, 3.05) is 13.2 Å². The first-order valence-electron chi connectivity index (χ1n) is 8.81. The highest BCUT2D eigenvalue weighted by molar-refractivity contribution is 6.12. The van der Waals surface area contributed by atoms with Gasteiger partial charge < -0.3 is 4.74 Å². The lowest BCUT2D eigenvalue weighted by molar-refractivity contribution is 0.309. The summed E-state index contributed by atoms with van der Waals surface area (Å²) in [5, 5.41) is 0. The maximum atomic E-state index is 5.83. The van der Waals surface area contributed by atoms with Crippen molar-refractivity contribution in [3.63, 3.8) is 0 Å². The minimum atomic E-state index is 0.795. The highest BCUT2D eigenvalue weighted by atomic mass is 16.5. The number of fused-ring (bicyclic) bond motifs is 1. The molecule has 2 heteroatoms. The molecule has 1 aliphatic rings. The Morgan fingerprint density at radius 2 is 1.92 bits per heavy atom. The Labute approximate surface area is 144 Å². The van der Waals surface area contributed by atoms with Crippen LogP contribution in [0.1, 0.15) is 42.0 Å². The molecule has 2 aromatic rings. The second kappa shape index (κ2) is 7.96. The van der Waals surface area contributed by atoms with E-state index in [4.69, 9.17) is 9.73 Å². The van der Waals surface area contributed by atoms with Gasteiger partial charge in [0.05, 0.1) is 12.3 Å². The van der Waals surface area contributed by atoms with Crippen molar-refractivity contribution in [1.82, 2.24) is 0 Å². The second-order valence-corrected chi connectivity index (χ2v) is 6.28. The molecule has 0 spiro atoms. The SMILES string of the molecule is CCCCOc1ccc2c(c1)CCN=C2C=Cc1ccc(C)cc1. The lowest BCUT2D eigenvalue weighted by Crippen LogP contribution is -2.11. The molecule has 0 N–H and O–H groups in total. The number of benzene rings is 2. The number of unbranched alkanes of at least 4 members (excludes halogenated alkanes) is 1. The second-order valence-electron chi connectivity index (χ2n) is 6.28. The van der Waals surface area contributed by atoms with Crippen LogP contribution in [0.3, 0.4) is 0 Å². The number of aliphatic imine (C=N–C) groups is 1. The van der Waals surface area contributed by atoms with Crippen LogP contribution in [0.15, 0.2) is 53.5 Å². The van der Waals surface area contributed by atoms with Gasteiger partial charge in [-0.2, -0.15) is 0 Å². The van der Waals surface area contributed by atoms with Gasteiger partial charge in [-0.3, -0.25) is 4.99 Å². The highest BCUT2D eigenvalue weighted by Gasteiger charge is 2.13. The predicted octanol–water partition coefficient (Wildman–Crippen LogP) is 5.23. The average Bonchev–Trinajstić information content (AvgIpc) is 2.61. The molecule has 1 heterocycles. The van der Waals surface area contributed by atoms with Crippen molar-refractivity contribution >= 4 is 11.8 Å². The summed E-state index contributed by atoms with van der Waals surface area (Å²) in [5.74, 6) is 0.978. The summed E-state index contributed by atoms with van der Waals surface area (Å²) >= 11 is 0. The molecule has 2 aromatic carbocycles. The normalized spacial score (nSPS) is 13.7. The molecular weight excluding hydrogens is 294 g/mol. The molecule has 0 amide bonds. The molecule has 0 bridgehead atoms. The summed E-state index contributed by atoms with van der Waals surface area (Å²) in [7, 11) is 0. The Morgan fingerprint density at radius 1 is 1.08 bits per heavy atom. The van der Waals surface area contributed by atoms with E-state index in [9.17, 15) is 0 Å². The summed E-state index contributed by atoms with van der Waals surface area (Å²) < 4.78 is 5.83. The smallest absolute Gasteiger partial charge is 0.119 e. The predicted molar refractivity (Wildman–Crippen MR) is 102 cm³/mol. The maximum Gasteiger partial charge on any atom is 0.119 e. The zero-order chi connectivity index (χ0) is 16.8. The van der Waals surface area contributed by atoms with Gasteiger partial charge in [0, 0.05) is 12.1 Å². The molecular formula is C22H25NO. The fourth-order valence-electron chi connectivity index (χ4n) is 2.83. The summed E-state index contributed by atoms with van der Waals surface area (Å²) in [6.45, 7) is 5.93. The molecule has 0 unspecified atom stereocenters. The fourth-order valence-corrected chi connectivity index (χ4v) is 2.83. The van der Waals surface area contributed by atoms with Gasteiger partial charge in [0.25, 0.3) is 0 Å². The van der Waals surface area contributed by atoms with Crippen LogP contribution in [-0.4, -0.2) is 18.9 Å². The Bertz CT molecular complexity index is 741. The van der Waals surface area contributed by atoms with E-state index in [2.05, 4.69) is 68.5 Å². The van der Waals surface area contributed by atoms with Crippen LogP contribution in [0.4, 0.5) is 0 Å². The van der Waals surface area contributed by atoms with Gasteiger partial charge in [0.1, 0.15) is 5.75 Å². The van der Waals surface area contributed by atoms with Crippen molar-refractivity contribution in [2.24, 2.45) is 4.99 Å². The maximum absolute atomic E-state index is 5.83. The third kappa shape index (κ3) is 4.14. The summed E-state index contributed by atoms with van der Waals surface area (Å²) in [6.07, 6.45) is 7.51. The van der Waals surface area contributed by atoms with E-state index in [0.29, 0.717) is 0 Å². The van der Waals surface area contributed by atoms with Crippen LogP contribution in [0.2, 0.25) is 0 Å². The van der Waals surface area contributed by atoms with Gasteiger partial charge >= 0.3 is 0 Å². The highest BCUT2D eigenvalue weighted by Crippen LogP contribution is 2.23. The molecule has 0 radical (unpaired) electrons. The van der Waals surface area contributed by atoms with Gasteiger partial charge in [0.2, 0.25) is 0 Å². The van der Waals surface area contributed by atoms with Crippen LogP contribution >= 0.6 is 0 Å².